The largest absolute Gasteiger partial charge is 0.459 e. The Morgan fingerprint density at radius 1 is 1.42 bits per heavy atom. The van der Waals surface area contributed by atoms with Gasteiger partial charge >= 0.3 is 5.91 Å². The number of hydrogen-bond donors (Lipinski definition) is 3. The van der Waals surface area contributed by atoms with E-state index < -0.39 is 5.91 Å². The van der Waals surface area contributed by atoms with Crippen LogP contribution in [0.3, 0.4) is 0 Å². The lowest BCUT2D eigenvalue weighted by Gasteiger charge is -2.05. The quantitative estimate of drug-likeness (QED) is 0.261. The molecule has 2 rings (SSSR count). The van der Waals surface area contributed by atoms with Gasteiger partial charge in [-0.3, -0.25) is 10.2 Å². The lowest BCUT2D eigenvalue weighted by atomic mass is 10.3. The third-order valence-corrected chi connectivity index (χ3v) is 3.58. The van der Waals surface area contributed by atoms with E-state index in [0.29, 0.717) is 17.0 Å². The highest BCUT2D eigenvalue weighted by atomic mass is 32.2. The second-order valence-corrected chi connectivity index (χ2v) is 4.74. The van der Waals surface area contributed by atoms with Gasteiger partial charge in [0.25, 0.3) is 0 Å². The molecule has 0 atom stereocenters. The predicted octanol–water partition coefficient (Wildman–Crippen LogP) is 1.90. The zero-order chi connectivity index (χ0) is 13.8. The van der Waals surface area contributed by atoms with E-state index in [9.17, 15) is 9.18 Å². The van der Waals surface area contributed by atoms with E-state index >= 15 is 0 Å². The Labute approximate surface area is 113 Å². The summed E-state index contributed by atoms with van der Waals surface area (Å²) in [5, 5.41) is 0. The van der Waals surface area contributed by atoms with Gasteiger partial charge in [0.2, 0.25) is 0 Å². The molecule has 0 saturated heterocycles. The van der Waals surface area contributed by atoms with Crippen LogP contribution in [-0.2, 0) is 5.75 Å². The molecule has 0 fully saturated rings. The first-order chi connectivity index (χ1) is 9.11. The molecule has 0 bridgehead atoms. The fourth-order valence-corrected chi connectivity index (χ4v) is 2.45. The Hall–Kier alpha value is -1.99. The first-order valence-corrected chi connectivity index (χ1v) is 6.35. The third-order valence-electron chi connectivity index (χ3n) is 2.44. The van der Waals surface area contributed by atoms with E-state index in [2.05, 4.69) is 0 Å². The van der Waals surface area contributed by atoms with Crippen LogP contribution in [0.1, 0.15) is 16.1 Å². The van der Waals surface area contributed by atoms with Crippen LogP contribution < -0.4 is 17.0 Å². The number of thioether (sulfide) groups is 1. The molecular weight excluding hydrogens is 269 g/mol. The van der Waals surface area contributed by atoms with E-state index in [4.69, 9.17) is 16.0 Å². The molecule has 0 saturated carbocycles. The van der Waals surface area contributed by atoms with Gasteiger partial charge in [-0.1, -0.05) is 0 Å². The highest BCUT2D eigenvalue weighted by Crippen LogP contribution is 2.29. The Morgan fingerprint density at radius 3 is 2.89 bits per heavy atom. The number of carbonyl (C=O) groups excluding carboxylic acids is 1. The Balaban J connectivity index is 2.10. The van der Waals surface area contributed by atoms with Gasteiger partial charge in [-0.15, -0.1) is 11.8 Å². The lowest BCUT2D eigenvalue weighted by molar-refractivity contribution is 0.0925. The summed E-state index contributed by atoms with van der Waals surface area (Å²) in [4.78, 5) is 12.1. The minimum absolute atomic E-state index is 0.163. The highest BCUT2D eigenvalue weighted by molar-refractivity contribution is 7.98. The number of nitrogen functional groups attached to an aromatic ring is 2. The van der Waals surface area contributed by atoms with Crippen molar-refractivity contribution in [2.45, 2.75) is 10.6 Å². The topological polar surface area (TPSA) is 94.3 Å². The smallest absolute Gasteiger partial charge is 0.301 e. The Bertz CT molecular complexity index is 600. The molecule has 0 aliphatic heterocycles. The summed E-state index contributed by atoms with van der Waals surface area (Å²) in [6.07, 6.45) is 1.41. The van der Waals surface area contributed by atoms with Gasteiger partial charge < -0.3 is 10.2 Å². The summed E-state index contributed by atoms with van der Waals surface area (Å²) in [6.45, 7) is 0. The number of halogens is 1. The van der Waals surface area contributed by atoms with Crippen LogP contribution >= 0.6 is 11.8 Å². The van der Waals surface area contributed by atoms with E-state index in [1.54, 1.807) is 12.1 Å². The molecule has 100 valence electrons. The van der Waals surface area contributed by atoms with Gasteiger partial charge in [0.05, 0.1) is 6.26 Å². The van der Waals surface area contributed by atoms with E-state index in [1.165, 1.54) is 30.2 Å². The number of rotatable bonds is 4. The summed E-state index contributed by atoms with van der Waals surface area (Å²) < 4.78 is 18.0. The van der Waals surface area contributed by atoms with Crippen molar-refractivity contribution >= 4 is 23.4 Å². The van der Waals surface area contributed by atoms with Crippen molar-refractivity contribution in [2.24, 2.45) is 5.84 Å². The Kier molecular flexibility index (Phi) is 4.08. The molecular formula is C12H12FN3O2S. The van der Waals surface area contributed by atoms with Gasteiger partial charge in [0.15, 0.2) is 5.76 Å². The van der Waals surface area contributed by atoms with Crippen LogP contribution in [-0.4, -0.2) is 5.91 Å². The van der Waals surface area contributed by atoms with E-state index in [0.717, 1.165) is 4.90 Å². The van der Waals surface area contributed by atoms with Gasteiger partial charge in [-0.25, -0.2) is 10.2 Å². The number of nitrogens with one attached hydrogen (secondary N) is 1. The number of furan rings is 1. The van der Waals surface area contributed by atoms with Crippen LogP contribution in [0.2, 0.25) is 0 Å². The van der Waals surface area contributed by atoms with Crippen molar-refractivity contribution in [1.29, 1.82) is 0 Å². The number of amides is 1. The maximum absolute atomic E-state index is 12.9. The summed E-state index contributed by atoms with van der Waals surface area (Å²) >= 11 is 1.38. The van der Waals surface area contributed by atoms with Crippen molar-refractivity contribution in [3.63, 3.8) is 0 Å². The molecule has 0 spiro atoms. The highest BCUT2D eigenvalue weighted by Gasteiger charge is 2.14. The van der Waals surface area contributed by atoms with Gasteiger partial charge in [0.1, 0.15) is 5.82 Å². The van der Waals surface area contributed by atoms with Crippen molar-refractivity contribution < 1.29 is 13.6 Å². The average molecular weight is 281 g/mol. The number of hydrazine groups is 1. The van der Waals surface area contributed by atoms with Gasteiger partial charge in [-0.05, 0) is 24.3 Å². The number of carbonyl (C=O) groups is 1. The maximum Gasteiger partial charge on any atom is 0.301 e. The molecule has 19 heavy (non-hydrogen) atoms. The van der Waals surface area contributed by atoms with E-state index in [1.807, 2.05) is 5.43 Å². The second kappa shape index (κ2) is 5.77. The fourth-order valence-electron chi connectivity index (χ4n) is 1.52. The molecule has 0 aliphatic carbocycles. The predicted molar refractivity (Wildman–Crippen MR) is 70.7 cm³/mol. The van der Waals surface area contributed by atoms with Crippen LogP contribution in [0.5, 0.6) is 0 Å². The number of benzene rings is 1. The first kappa shape index (κ1) is 13.4. The SMILES string of the molecule is NNC(=O)c1occc1CSc1ccc(F)cc1N. The van der Waals surface area contributed by atoms with Crippen LogP contribution in [0.4, 0.5) is 10.1 Å². The molecule has 5 nitrogen and oxygen atoms in total. The lowest BCUT2D eigenvalue weighted by Crippen LogP contribution is -2.30. The Morgan fingerprint density at radius 2 is 2.21 bits per heavy atom. The summed E-state index contributed by atoms with van der Waals surface area (Å²) in [5.74, 6) is 4.81. The average Bonchev–Trinajstić information content (AvgIpc) is 2.85. The number of hydrogen-bond acceptors (Lipinski definition) is 5. The zero-order valence-electron chi connectivity index (χ0n) is 9.85. The summed E-state index contributed by atoms with van der Waals surface area (Å²) in [7, 11) is 0. The minimum atomic E-state index is -0.493. The third kappa shape index (κ3) is 3.07. The molecule has 0 aliphatic rings. The normalized spacial score (nSPS) is 10.4. The number of anilines is 1. The maximum atomic E-state index is 12.9. The molecule has 1 aromatic heterocycles. The molecule has 5 N–H and O–H groups in total. The van der Waals surface area contributed by atoms with Crippen LogP contribution in [0.25, 0.3) is 0 Å². The molecule has 2 aromatic rings. The molecule has 7 heteroatoms. The molecule has 1 aromatic carbocycles. The van der Waals surface area contributed by atoms with Crippen LogP contribution in [0.15, 0.2) is 39.8 Å². The molecule has 0 unspecified atom stereocenters. The van der Waals surface area contributed by atoms with Crippen molar-refractivity contribution in [3.05, 3.63) is 47.7 Å². The first-order valence-electron chi connectivity index (χ1n) is 5.37. The fraction of sp³-hybridized carbons (Fsp3) is 0.0833. The summed E-state index contributed by atoms with van der Waals surface area (Å²) in [5.41, 5.74) is 8.76. The molecule has 0 radical (unpaired) electrons. The van der Waals surface area contributed by atoms with Crippen LogP contribution in [0, 0.1) is 5.82 Å². The second-order valence-electron chi connectivity index (χ2n) is 3.72. The van der Waals surface area contributed by atoms with Crippen molar-refractivity contribution in [3.8, 4) is 0 Å². The number of nitrogens with two attached hydrogens (primary N) is 2. The summed E-state index contributed by atoms with van der Waals surface area (Å²) in [6, 6.07) is 5.86. The van der Waals surface area contributed by atoms with Crippen molar-refractivity contribution in [1.82, 2.24) is 5.43 Å². The monoisotopic (exact) mass is 281 g/mol. The standard InChI is InChI=1S/C12H12FN3O2S/c13-8-1-2-10(9(14)5-8)19-6-7-3-4-18-11(7)12(17)16-15/h1-5H,6,14-15H2,(H,16,17). The molecule has 1 heterocycles. The van der Waals surface area contributed by atoms with E-state index in [-0.39, 0.29) is 11.6 Å². The molecule has 1 amide bonds. The zero-order valence-corrected chi connectivity index (χ0v) is 10.7. The van der Waals surface area contributed by atoms with Crippen molar-refractivity contribution in [2.75, 3.05) is 5.73 Å². The van der Waals surface area contributed by atoms with Gasteiger partial charge in [0, 0.05) is 21.9 Å². The minimum Gasteiger partial charge on any atom is -0.459 e. The van der Waals surface area contributed by atoms with Gasteiger partial charge in [-0.2, -0.15) is 0 Å².